The third kappa shape index (κ3) is 28.1. The lowest BCUT2D eigenvalue weighted by Crippen LogP contribution is -2.60. The van der Waals surface area contributed by atoms with Crippen LogP contribution in [0, 0.1) is 5.92 Å². The monoisotopic (exact) mass is 814 g/mol. The zero-order valence-corrected chi connectivity index (χ0v) is 36.9. The van der Waals surface area contributed by atoms with Gasteiger partial charge in [0.1, 0.15) is 30.5 Å². The highest BCUT2D eigenvalue weighted by Crippen LogP contribution is 2.23. The van der Waals surface area contributed by atoms with E-state index < -0.39 is 61.5 Å². The van der Waals surface area contributed by atoms with E-state index in [-0.39, 0.29) is 6.61 Å². The molecule has 0 aromatic heterocycles. The van der Waals surface area contributed by atoms with Crippen molar-refractivity contribution in [2.45, 2.75) is 262 Å². The minimum Gasteiger partial charge on any atom is -0.394 e. The number of allylic oxidation sites excluding steroid dienone is 1. The number of carbonyl (C=O) groups is 1. The van der Waals surface area contributed by atoms with Crippen molar-refractivity contribution in [2.75, 3.05) is 13.2 Å². The number of rotatable bonds is 39. The standard InChI is InChI=1S/C47H91NO9/c1-4-5-6-7-8-9-10-11-12-13-14-15-16-17-18-19-22-26-29-32-35-41(51)46(55)48-39(37-56-47-45(54)44(53)43(52)42(36-49)57-47)40(50)34-31-28-25-23-20-21-24-27-30-33-38(2)3/h31,34,38-45,47,49-54H,4-30,32-33,35-37H2,1-3H3,(H,48,55). The van der Waals surface area contributed by atoms with Gasteiger partial charge in [-0.1, -0.05) is 206 Å². The number of ether oxygens (including phenoxy) is 2. The smallest absolute Gasteiger partial charge is 0.249 e. The third-order valence-electron chi connectivity index (χ3n) is 11.6. The Bertz CT molecular complexity index is 935. The quantitative estimate of drug-likeness (QED) is 0.0237. The maximum atomic E-state index is 13.0. The molecule has 10 heteroatoms. The first-order chi connectivity index (χ1) is 27.6. The highest BCUT2D eigenvalue weighted by atomic mass is 16.7. The van der Waals surface area contributed by atoms with Crippen LogP contribution in [-0.2, 0) is 14.3 Å². The van der Waals surface area contributed by atoms with Crippen molar-refractivity contribution in [1.29, 1.82) is 0 Å². The molecule has 8 unspecified atom stereocenters. The number of unbranched alkanes of at least 4 members (excludes halogenated alkanes) is 26. The van der Waals surface area contributed by atoms with Gasteiger partial charge in [-0.25, -0.2) is 0 Å². The second-order valence-electron chi connectivity index (χ2n) is 17.5. The van der Waals surface area contributed by atoms with Crippen LogP contribution in [0.15, 0.2) is 12.2 Å². The first-order valence-corrected chi connectivity index (χ1v) is 23.9. The summed E-state index contributed by atoms with van der Waals surface area (Å²) in [4.78, 5) is 13.0. The van der Waals surface area contributed by atoms with E-state index in [1.54, 1.807) is 6.08 Å². The summed E-state index contributed by atoms with van der Waals surface area (Å²) in [5, 5.41) is 64.6. The molecule has 1 fully saturated rings. The summed E-state index contributed by atoms with van der Waals surface area (Å²) in [7, 11) is 0. The summed E-state index contributed by atoms with van der Waals surface area (Å²) in [6.45, 7) is 5.90. The molecule has 1 heterocycles. The summed E-state index contributed by atoms with van der Waals surface area (Å²) in [5.41, 5.74) is 0. The first-order valence-electron chi connectivity index (χ1n) is 23.9. The summed E-state index contributed by atoms with van der Waals surface area (Å²) < 4.78 is 11.1. The predicted octanol–water partition coefficient (Wildman–Crippen LogP) is 8.94. The average molecular weight is 814 g/mol. The van der Waals surface area contributed by atoms with Gasteiger partial charge < -0.3 is 45.4 Å². The van der Waals surface area contributed by atoms with Gasteiger partial charge in [-0.15, -0.1) is 0 Å². The number of hydrogen-bond acceptors (Lipinski definition) is 9. The molecular formula is C47H91NO9. The number of amides is 1. The van der Waals surface area contributed by atoms with Crippen molar-refractivity contribution in [3.63, 3.8) is 0 Å². The molecule has 10 nitrogen and oxygen atoms in total. The van der Waals surface area contributed by atoms with Crippen LogP contribution in [0.2, 0.25) is 0 Å². The van der Waals surface area contributed by atoms with Gasteiger partial charge in [0.25, 0.3) is 0 Å². The molecule has 57 heavy (non-hydrogen) atoms. The highest BCUT2D eigenvalue weighted by Gasteiger charge is 2.44. The second-order valence-corrected chi connectivity index (χ2v) is 17.5. The fraction of sp³-hybridized carbons (Fsp3) is 0.936. The van der Waals surface area contributed by atoms with E-state index in [1.165, 1.54) is 141 Å². The van der Waals surface area contributed by atoms with Crippen LogP contribution in [0.3, 0.4) is 0 Å². The Kier molecular flexibility index (Phi) is 34.7. The molecule has 7 N–H and O–H groups in total. The molecule has 0 spiro atoms. The van der Waals surface area contributed by atoms with Crippen molar-refractivity contribution >= 4 is 5.91 Å². The van der Waals surface area contributed by atoms with E-state index in [1.807, 2.05) is 6.08 Å². The van der Waals surface area contributed by atoms with Crippen LogP contribution in [0.4, 0.5) is 0 Å². The molecule has 0 aliphatic carbocycles. The van der Waals surface area contributed by atoms with Crippen LogP contribution in [0.1, 0.15) is 213 Å². The maximum Gasteiger partial charge on any atom is 0.249 e. The zero-order valence-electron chi connectivity index (χ0n) is 36.9. The van der Waals surface area contributed by atoms with Crippen molar-refractivity contribution in [3.8, 4) is 0 Å². The summed E-state index contributed by atoms with van der Waals surface area (Å²) in [6, 6.07) is -0.975. The molecule has 0 aromatic carbocycles. The number of hydrogen-bond donors (Lipinski definition) is 7. The molecule has 1 aliphatic heterocycles. The third-order valence-corrected chi connectivity index (χ3v) is 11.6. The average Bonchev–Trinajstić information content (AvgIpc) is 3.20. The lowest BCUT2D eigenvalue weighted by molar-refractivity contribution is -0.302. The van der Waals surface area contributed by atoms with Gasteiger partial charge in [-0.2, -0.15) is 0 Å². The first kappa shape index (κ1) is 53.9. The van der Waals surface area contributed by atoms with E-state index in [9.17, 15) is 35.4 Å². The van der Waals surface area contributed by atoms with Crippen LogP contribution < -0.4 is 5.32 Å². The Labute approximate surface area is 349 Å². The minimum atomic E-state index is -1.61. The Morgan fingerprint density at radius 1 is 0.632 bits per heavy atom. The molecular weight excluding hydrogens is 723 g/mol. The molecule has 1 saturated heterocycles. The van der Waals surface area contributed by atoms with Crippen molar-refractivity contribution in [3.05, 3.63) is 12.2 Å². The van der Waals surface area contributed by atoms with Crippen LogP contribution >= 0.6 is 0 Å². The molecule has 0 bridgehead atoms. The second kappa shape index (κ2) is 36.7. The Balaban J connectivity index is 2.34. The Morgan fingerprint density at radius 2 is 1.07 bits per heavy atom. The summed E-state index contributed by atoms with van der Waals surface area (Å²) in [6.07, 6.45) is 30.3. The molecule has 0 radical (unpaired) electrons. The molecule has 1 amide bonds. The van der Waals surface area contributed by atoms with Crippen LogP contribution in [-0.4, -0.2) is 98.7 Å². The Hall–Kier alpha value is -1.11. The molecule has 1 rings (SSSR count). The predicted molar refractivity (Wildman–Crippen MR) is 232 cm³/mol. The van der Waals surface area contributed by atoms with Crippen LogP contribution in [0.25, 0.3) is 0 Å². The molecule has 0 aromatic rings. The number of carbonyl (C=O) groups excluding carboxylic acids is 1. The number of aliphatic hydroxyl groups excluding tert-OH is 6. The molecule has 338 valence electrons. The molecule has 1 aliphatic rings. The fourth-order valence-corrected chi connectivity index (χ4v) is 7.70. The van der Waals surface area contributed by atoms with Gasteiger partial charge in [0.2, 0.25) is 5.91 Å². The fourth-order valence-electron chi connectivity index (χ4n) is 7.70. The lowest BCUT2D eigenvalue weighted by Gasteiger charge is -2.40. The van der Waals surface area contributed by atoms with E-state index in [0.717, 1.165) is 50.9 Å². The lowest BCUT2D eigenvalue weighted by atomic mass is 9.99. The highest BCUT2D eigenvalue weighted by molar-refractivity contribution is 5.80. The van der Waals surface area contributed by atoms with Gasteiger partial charge in [0, 0.05) is 0 Å². The number of aliphatic hydroxyl groups is 6. The van der Waals surface area contributed by atoms with Crippen molar-refractivity contribution in [1.82, 2.24) is 5.32 Å². The van der Waals surface area contributed by atoms with Gasteiger partial charge >= 0.3 is 0 Å². The normalized spacial score (nSPS) is 21.7. The summed E-state index contributed by atoms with van der Waals surface area (Å²) >= 11 is 0. The largest absolute Gasteiger partial charge is 0.394 e. The van der Waals surface area contributed by atoms with E-state index in [4.69, 9.17) is 9.47 Å². The Morgan fingerprint density at radius 3 is 1.53 bits per heavy atom. The van der Waals surface area contributed by atoms with E-state index >= 15 is 0 Å². The molecule has 0 saturated carbocycles. The zero-order chi connectivity index (χ0) is 41.9. The maximum absolute atomic E-state index is 13.0. The number of nitrogens with one attached hydrogen (secondary N) is 1. The molecule has 8 atom stereocenters. The van der Waals surface area contributed by atoms with E-state index in [0.29, 0.717) is 6.42 Å². The van der Waals surface area contributed by atoms with Crippen molar-refractivity contribution in [2.24, 2.45) is 5.92 Å². The van der Waals surface area contributed by atoms with Crippen LogP contribution in [0.5, 0.6) is 0 Å². The topological polar surface area (TPSA) is 169 Å². The SMILES string of the molecule is CCCCCCCCCCCCCCCCCCCCCCC(O)C(=O)NC(COC1OC(CO)C(O)C(O)C1O)C(O)C=CCCCCCCCCCC(C)C. The van der Waals surface area contributed by atoms with Gasteiger partial charge in [-0.05, 0) is 25.2 Å². The van der Waals surface area contributed by atoms with Gasteiger partial charge in [0.05, 0.1) is 25.4 Å². The summed E-state index contributed by atoms with van der Waals surface area (Å²) in [5.74, 6) is 0.151. The van der Waals surface area contributed by atoms with Gasteiger partial charge in [0.15, 0.2) is 6.29 Å². The van der Waals surface area contributed by atoms with Gasteiger partial charge in [-0.3, -0.25) is 4.79 Å². The van der Waals surface area contributed by atoms with E-state index in [2.05, 4.69) is 26.1 Å². The van der Waals surface area contributed by atoms with Crippen molar-refractivity contribution < 1.29 is 44.9 Å². The minimum absolute atomic E-state index is 0.303.